The molecule has 108 valence electrons. The molecule has 1 aromatic rings. The van der Waals surface area contributed by atoms with Crippen LogP contribution in [0.2, 0.25) is 0 Å². The molecule has 1 aromatic carbocycles. The predicted octanol–water partition coefficient (Wildman–Crippen LogP) is 1.25. The van der Waals surface area contributed by atoms with E-state index in [0.717, 1.165) is 18.4 Å². The van der Waals surface area contributed by atoms with Gasteiger partial charge in [0.25, 0.3) is 5.91 Å². The lowest BCUT2D eigenvalue weighted by atomic mass is 10.1. The number of carbonyl (C=O) groups is 2. The lowest BCUT2D eigenvalue weighted by molar-refractivity contribution is -0.124. The number of hydrogen-bond donors (Lipinski definition) is 2. The molecule has 1 aliphatic rings. The zero-order valence-electron chi connectivity index (χ0n) is 11.5. The topological polar surface area (TPSA) is 75.6 Å². The lowest BCUT2D eigenvalue weighted by Gasteiger charge is -2.12. The Balaban J connectivity index is 1.77. The van der Waals surface area contributed by atoms with Gasteiger partial charge in [-0.05, 0) is 43.4 Å². The Kier molecular flexibility index (Phi) is 4.74. The molecule has 20 heavy (non-hydrogen) atoms. The molecule has 0 spiro atoms. The molecular formula is C15H19NO4. The summed E-state index contributed by atoms with van der Waals surface area (Å²) in [7, 11) is 0. The van der Waals surface area contributed by atoms with Crippen LogP contribution >= 0.6 is 0 Å². The van der Waals surface area contributed by atoms with Gasteiger partial charge in [0.05, 0.1) is 12.2 Å². The maximum atomic E-state index is 11.7. The van der Waals surface area contributed by atoms with Crippen LogP contribution in [-0.2, 0) is 16.1 Å². The minimum absolute atomic E-state index is 0.0726. The Bertz CT molecular complexity index is 479. The number of benzene rings is 1. The minimum atomic E-state index is -0.538. The first-order valence-corrected chi connectivity index (χ1v) is 6.76. The summed E-state index contributed by atoms with van der Waals surface area (Å²) in [5, 5.41) is 11.7. The number of amides is 1. The monoisotopic (exact) mass is 277 g/mol. The van der Waals surface area contributed by atoms with Gasteiger partial charge < -0.3 is 15.2 Å². The summed E-state index contributed by atoms with van der Waals surface area (Å²) >= 11 is 0. The number of hydrogen-bond acceptors (Lipinski definition) is 4. The van der Waals surface area contributed by atoms with Crippen molar-refractivity contribution in [2.45, 2.75) is 32.4 Å². The van der Waals surface area contributed by atoms with Crippen LogP contribution in [-0.4, -0.2) is 29.6 Å². The van der Waals surface area contributed by atoms with Crippen molar-refractivity contribution in [3.63, 3.8) is 0 Å². The van der Waals surface area contributed by atoms with Crippen LogP contribution in [0.25, 0.3) is 0 Å². The second kappa shape index (κ2) is 6.52. The van der Waals surface area contributed by atoms with E-state index in [1.54, 1.807) is 24.3 Å². The third-order valence-corrected chi connectivity index (χ3v) is 3.42. The molecule has 1 atom stereocenters. The Hall–Kier alpha value is -1.88. The third-order valence-electron chi connectivity index (χ3n) is 3.42. The van der Waals surface area contributed by atoms with Crippen molar-refractivity contribution in [2.75, 3.05) is 6.61 Å². The van der Waals surface area contributed by atoms with E-state index in [2.05, 4.69) is 5.32 Å². The van der Waals surface area contributed by atoms with Crippen LogP contribution < -0.4 is 5.32 Å². The Morgan fingerprint density at radius 1 is 1.35 bits per heavy atom. The molecule has 0 unspecified atom stereocenters. The number of ether oxygens (including phenoxy) is 1. The molecule has 5 nitrogen and oxygen atoms in total. The molecule has 0 radical (unpaired) electrons. The fraction of sp³-hybridized carbons (Fsp3) is 0.467. The van der Waals surface area contributed by atoms with Crippen LogP contribution in [0.5, 0.6) is 0 Å². The number of carbonyl (C=O) groups excluding carboxylic acids is 2. The highest BCUT2D eigenvalue weighted by molar-refractivity contribution is 5.91. The number of rotatable bonds is 6. The highest BCUT2D eigenvalue weighted by atomic mass is 16.5. The molecule has 0 saturated heterocycles. The third kappa shape index (κ3) is 4.06. The molecule has 1 fully saturated rings. The molecule has 1 aliphatic carbocycles. The molecule has 0 bridgehead atoms. The number of nitrogens with one attached hydrogen (secondary N) is 1. The molecule has 0 aliphatic heterocycles. The van der Waals surface area contributed by atoms with Crippen molar-refractivity contribution in [2.24, 2.45) is 5.92 Å². The number of esters is 1. The van der Waals surface area contributed by atoms with E-state index in [4.69, 9.17) is 9.84 Å². The summed E-state index contributed by atoms with van der Waals surface area (Å²) in [4.78, 5) is 23.3. The average Bonchev–Trinajstić information content (AvgIpc) is 3.29. The average molecular weight is 277 g/mol. The number of aliphatic hydroxyl groups excluding tert-OH is 1. The zero-order valence-corrected chi connectivity index (χ0v) is 11.5. The van der Waals surface area contributed by atoms with Crippen molar-refractivity contribution >= 4 is 11.9 Å². The van der Waals surface area contributed by atoms with Crippen molar-refractivity contribution < 1.29 is 19.4 Å². The highest BCUT2D eigenvalue weighted by Crippen LogP contribution is 2.32. The maximum Gasteiger partial charge on any atom is 0.338 e. The second-order valence-corrected chi connectivity index (χ2v) is 5.12. The molecule has 1 saturated carbocycles. The normalized spacial score (nSPS) is 15.5. The van der Waals surface area contributed by atoms with Gasteiger partial charge in [-0.3, -0.25) is 4.79 Å². The van der Waals surface area contributed by atoms with Gasteiger partial charge in [-0.15, -0.1) is 0 Å². The first-order chi connectivity index (χ1) is 9.60. The first-order valence-electron chi connectivity index (χ1n) is 6.76. The molecule has 2 rings (SSSR count). The van der Waals surface area contributed by atoms with Gasteiger partial charge in [0.2, 0.25) is 0 Å². The molecule has 0 aromatic heterocycles. The summed E-state index contributed by atoms with van der Waals surface area (Å²) in [6.45, 7) is 1.62. The Labute approximate surface area is 117 Å². The van der Waals surface area contributed by atoms with E-state index in [-0.39, 0.29) is 25.2 Å². The maximum absolute atomic E-state index is 11.7. The van der Waals surface area contributed by atoms with Crippen LogP contribution in [0.3, 0.4) is 0 Å². The van der Waals surface area contributed by atoms with Crippen LogP contribution in [0.15, 0.2) is 24.3 Å². The second-order valence-electron chi connectivity index (χ2n) is 5.12. The molecule has 5 heteroatoms. The summed E-state index contributed by atoms with van der Waals surface area (Å²) in [5.74, 6) is -0.242. The van der Waals surface area contributed by atoms with Crippen LogP contribution in [0.1, 0.15) is 35.7 Å². The molecule has 2 N–H and O–H groups in total. The van der Waals surface area contributed by atoms with Gasteiger partial charge in [-0.2, -0.15) is 0 Å². The van der Waals surface area contributed by atoms with Crippen molar-refractivity contribution in [3.05, 3.63) is 35.4 Å². The standard InChI is InChI=1S/C15H19NO4/c1-10(12-6-7-12)16-14(18)9-20-15(19)13-4-2-11(8-17)3-5-13/h2-5,10,12,17H,6-9H2,1H3,(H,16,18)/t10-/m1/s1. The van der Waals surface area contributed by atoms with Crippen LogP contribution in [0, 0.1) is 5.92 Å². The van der Waals surface area contributed by atoms with Crippen molar-refractivity contribution in [1.29, 1.82) is 0 Å². The van der Waals surface area contributed by atoms with E-state index >= 15 is 0 Å². The smallest absolute Gasteiger partial charge is 0.338 e. The fourth-order valence-electron chi connectivity index (χ4n) is 1.97. The van der Waals surface area contributed by atoms with Crippen molar-refractivity contribution in [3.8, 4) is 0 Å². The van der Waals surface area contributed by atoms with Gasteiger partial charge >= 0.3 is 5.97 Å². The van der Waals surface area contributed by atoms with E-state index in [1.165, 1.54) is 0 Å². The van der Waals surface area contributed by atoms with Crippen molar-refractivity contribution in [1.82, 2.24) is 5.32 Å². The lowest BCUT2D eigenvalue weighted by Crippen LogP contribution is -2.37. The van der Waals surface area contributed by atoms with Gasteiger partial charge in [-0.1, -0.05) is 12.1 Å². The summed E-state index contributed by atoms with van der Waals surface area (Å²) in [6, 6.07) is 6.57. The largest absolute Gasteiger partial charge is 0.452 e. The summed E-state index contributed by atoms with van der Waals surface area (Å²) in [6.07, 6.45) is 2.30. The van der Waals surface area contributed by atoms with Gasteiger partial charge in [0, 0.05) is 6.04 Å². The van der Waals surface area contributed by atoms with E-state index < -0.39 is 5.97 Å². The summed E-state index contributed by atoms with van der Waals surface area (Å²) in [5.41, 5.74) is 1.09. The Morgan fingerprint density at radius 2 is 2.00 bits per heavy atom. The quantitative estimate of drug-likeness (QED) is 0.767. The zero-order chi connectivity index (χ0) is 14.5. The molecular weight excluding hydrogens is 258 g/mol. The first kappa shape index (κ1) is 14.5. The SMILES string of the molecule is C[C@@H](NC(=O)COC(=O)c1ccc(CO)cc1)C1CC1. The van der Waals surface area contributed by atoms with E-state index in [9.17, 15) is 9.59 Å². The van der Waals surface area contributed by atoms with Crippen LogP contribution in [0.4, 0.5) is 0 Å². The number of aliphatic hydroxyl groups is 1. The highest BCUT2D eigenvalue weighted by Gasteiger charge is 2.28. The van der Waals surface area contributed by atoms with E-state index in [1.807, 2.05) is 6.92 Å². The van der Waals surface area contributed by atoms with Gasteiger partial charge in [0.15, 0.2) is 6.61 Å². The van der Waals surface area contributed by atoms with Gasteiger partial charge in [0.1, 0.15) is 0 Å². The Morgan fingerprint density at radius 3 is 2.55 bits per heavy atom. The van der Waals surface area contributed by atoms with Gasteiger partial charge in [-0.25, -0.2) is 4.79 Å². The van der Waals surface area contributed by atoms with E-state index in [0.29, 0.717) is 11.5 Å². The fourth-order valence-corrected chi connectivity index (χ4v) is 1.97. The molecule has 1 amide bonds. The predicted molar refractivity (Wildman–Crippen MR) is 73.0 cm³/mol. The summed E-state index contributed by atoms with van der Waals surface area (Å²) < 4.78 is 4.95. The molecule has 0 heterocycles. The minimum Gasteiger partial charge on any atom is -0.452 e.